The number of rotatable bonds is 3. The molecule has 1 aliphatic carbocycles. The summed E-state index contributed by atoms with van der Waals surface area (Å²) >= 11 is 0. The van der Waals surface area contributed by atoms with Gasteiger partial charge in [0.15, 0.2) is 0 Å². The number of urea groups is 1. The number of hydrogen-bond acceptors (Lipinski definition) is 4. The number of ether oxygens (including phenoxy) is 1. The number of carbonyl (C=O) groups is 2. The highest BCUT2D eigenvalue weighted by molar-refractivity contribution is 5.77. The second kappa shape index (κ2) is 6.90. The van der Waals surface area contributed by atoms with Crippen LogP contribution in [0.2, 0.25) is 0 Å². The molecule has 0 aromatic rings. The van der Waals surface area contributed by atoms with E-state index < -0.39 is 30.1 Å². The zero-order valence-corrected chi connectivity index (χ0v) is 11.4. The van der Waals surface area contributed by atoms with Crippen LogP contribution in [0, 0.1) is 5.92 Å². The topological polar surface area (TPSA) is 108 Å². The van der Waals surface area contributed by atoms with Gasteiger partial charge in [0.05, 0.1) is 31.4 Å². The fraction of sp³-hybridized carbons (Fsp3) is 0.846. The molecule has 2 fully saturated rings. The first-order valence-electron chi connectivity index (χ1n) is 7.13. The van der Waals surface area contributed by atoms with E-state index >= 15 is 0 Å². The van der Waals surface area contributed by atoms with Gasteiger partial charge in [0.2, 0.25) is 0 Å². The number of amides is 2. The van der Waals surface area contributed by atoms with Crippen molar-refractivity contribution in [2.75, 3.05) is 13.2 Å². The summed E-state index contributed by atoms with van der Waals surface area (Å²) in [5.74, 6) is -1.68. The summed E-state index contributed by atoms with van der Waals surface area (Å²) in [5, 5.41) is 24.3. The number of carbonyl (C=O) groups excluding carboxylic acids is 1. The quantitative estimate of drug-likeness (QED) is 0.549. The average molecular weight is 286 g/mol. The summed E-state index contributed by atoms with van der Waals surface area (Å²) in [4.78, 5) is 22.9. The van der Waals surface area contributed by atoms with E-state index in [0.29, 0.717) is 6.42 Å². The maximum atomic E-state index is 11.9. The predicted molar refractivity (Wildman–Crippen MR) is 70.3 cm³/mol. The van der Waals surface area contributed by atoms with Crippen LogP contribution in [0.25, 0.3) is 0 Å². The van der Waals surface area contributed by atoms with Crippen LogP contribution in [0.3, 0.4) is 0 Å². The molecule has 1 saturated heterocycles. The molecule has 0 aromatic carbocycles. The largest absolute Gasteiger partial charge is 0.481 e. The Morgan fingerprint density at radius 3 is 2.45 bits per heavy atom. The normalized spacial score (nSPS) is 34.2. The molecule has 0 bridgehead atoms. The lowest BCUT2D eigenvalue weighted by Crippen LogP contribution is -2.52. The molecule has 2 aliphatic rings. The van der Waals surface area contributed by atoms with Gasteiger partial charge in [-0.3, -0.25) is 4.79 Å². The summed E-state index contributed by atoms with van der Waals surface area (Å²) in [6.07, 6.45) is 3.92. The van der Waals surface area contributed by atoms with Gasteiger partial charge in [-0.2, -0.15) is 0 Å². The molecule has 7 nitrogen and oxygen atoms in total. The molecule has 1 heterocycles. The molecule has 1 aliphatic heterocycles. The minimum Gasteiger partial charge on any atom is -0.481 e. The van der Waals surface area contributed by atoms with Gasteiger partial charge in [-0.25, -0.2) is 4.79 Å². The number of aliphatic hydroxyl groups is 1. The van der Waals surface area contributed by atoms with Crippen LogP contribution >= 0.6 is 0 Å². The van der Waals surface area contributed by atoms with Crippen molar-refractivity contribution in [3.8, 4) is 0 Å². The second-order valence-corrected chi connectivity index (χ2v) is 5.52. The molecule has 7 heteroatoms. The summed E-state index contributed by atoms with van der Waals surface area (Å²) in [7, 11) is 0. The van der Waals surface area contributed by atoms with Crippen molar-refractivity contribution in [3.63, 3.8) is 0 Å². The highest BCUT2D eigenvalue weighted by atomic mass is 16.5. The van der Waals surface area contributed by atoms with Crippen LogP contribution in [-0.4, -0.2) is 53.6 Å². The molecule has 1 saturated carbocycles. The van der Waals surface area contributed by atoms with E-state index in [1.54, 1.807) is 0 Å². The third kappa shape index (κ3) is 3.83. The Bertz CT molecular complexity index is 363. The molecule has 0 aromatic heterocycles. The number of carboxylic acid groups (broad SMARTS) is 1. The lowest BCUT2D eigenvalue weighted by Gasteiger charge is -2.23. The number of aliphatic carboxylic acids is 1. The van der Waals surface area contributed by atoms with Gasteiger partial charge in [0.25, 0.3) is 0 Å². The summed E-state index contributed by atoms with van der Waals surface area (Å²) in [6.45, 7) is 0.323. The summed E-state index contributed by atoms with van der Waals surface area (Å²) in [5.41, 5.74) is 0. The third-order valence-electron chi connectivity index (χ3n) is 4.01. The van der Waals surface area contributed by atoms with Gasteiger partial charge in [0.1, 0.15) is 5.92 Å². The molecular weight excluding hydrogens is 264 g/mol. The number of nitrogens with one attached hydrogen (secondary N) is 2. The first-order valence-corrected chi connectivity index (χ1v) is 7.13. The van der Waals surface area contributed by atoms with Crippen molar-refractivity contribution in [2.45, 2.75) is 50.3 Å². The van der Waals surface area contributed by atoms with Crippen LogP contribution in [0.15, 0.2) is 0 Å². The molecule has 0 spiro atoms. The SMILES string of the molecule is O=C(NC1CCCCCC1O)NC1COCC1C(=O)O. The van der Waals surface area contributed by atoms with E-state index in [0.717, 1.165) is 25.7 Å². The van der Waals surface area contributed by atoms with E-state index in [4.69, 9.17) is 9.84 Å². The van der Waals surface area contributed by atoms with Gasteiger partial charge in [0, 0.05) is 0 Å². The molecule has 4 unspecified atom stereocenters. The maximum absolute atomic E-state index is 11.9. The molecular formula is C13H22N2O5. The van der Waals surface area contributed by atoms with Crippen molar-refractivity contribution in [1.29, 1.82) is 0 Å². The predicted octanol–water partition coefficient (Wildman–Crippen LogP) is 0.0788. The Morgan fingerprint density at radius 1 is 1.00 bits per heavy atom. The van der Waals surface area contributed by atoms with Crippen molar-refractivity contribution >= 4 is 12.0 Å². The lowest BCUT2D eigenvalue weighted by atomic mass is 10.0. The highest BCUT2D eigenvalue weighted by Gasteiger charge is 2.35. The molecule has 2 amide bonds. The van der Waals surface area contributed by atoms with Crippen molar-refractivity contribution in [1.82, 2.24) is 10.6 Å². The smallest absolute Gasteiger partial charge is 0.315 e. The second-order valence-electron chi connectivity index (χ2n) is 5.52. The molecule has 114 valence electrons. The first-order chi connectivity index (χ1) is 9.58. The van der Waals surface area contributed by atoms with Crippen molar-refractivity contribution < 1.29 is 24.5 Å². The Balaban J connectivity index is 1.83. The minimum atomic E-state index is -0.970. The van der Waals surface area contributed by atoms with Gasteiger partial charge >= 0.3 is 12.0 Å². The molecule has 4 N–H and O–H groups in total. The van der Waals surface area contributed by atoms with E-state index in [9.17, 15) is 14.7 Å². The fourth-order valence-corrected chi connectivity index (χ4v) is 2.77. The molecule has 20 heavy (non-hydrogen) atoms. The van der Waals surface area contributed by atoms with Gasteiger partial charge in [-0.05, 0) is 12.8 Å². The molecule has 0 radical (unpaired) electrons. The number of hydrogen-bond donors (Lipinski definition) is 4. The fourth-order valence-electron chi connectivity index (χ4n) is 2.77. The van der Waals surface area contributed by atoms with Gasteiger partial charge in [-0.1, -0.05) is 19.3 Å². The van der Waals surface area contributed by atoms with Crippen LogP contribution in [0.5, 0.6) is 0 Å². The Labute approximate surface area is 117 Å². The highest BCUT2D eigenvalue weighted by Crippen LogP contribution is 2.18. The third-order valence-corrected chi connectivity index (χ3v) is 4.01. The monoisotopic (exact) mass is 286 g/mol. The maximum Gasteiger partial charge on any atom is 0.315 e. The van der Waals surface area contributed by atoms with E-state index in [-0.39, 0.29) is 19.3 Å². The standard InChI is InChI=1S/C13H22N2O5/c16-11-5-3-1-2-4-9(11)14-13(19)15-10-7-20-6-8(10)12(17)18/h8-11,16H,1-7H2,(H,17,18)(H2,14,15,19). The van der Waals surface area contributed by atoms with Crippen LogP contribution < -0.4 is 10.6 Å². The average Bonchev–Trinajstić information content (AvgIpc) is 2.75. The number of aliphatic hydroxyl groups excluding tert-OH is 1. The van der Waals surface area contributed by atoms with Crippen LogP contribution in [-0.2, 0) is 9.53 Å². The van der Waals surface area contributed by atoms with Crippen LogP contribution in [0.1, 0.15) is 32.1 Å². The van der Waals surface area contributed by atoms with E-state index in [2.05, 4.69) is 10.6 Å². The first kappa shape index (κ1) is 15.1. The van der Waals surface area contributed by atoms with Gasteiger partial charge < -0.3 is 25.6 Å². The van der Waals surface area contributed by atoms with E-state index in [1.807, 2.05) is 0 Å². The van der Waals surface area contributed by atoms with E-state index in [1.165, 1.54) is 0 Å². The zero-order valence-electron chi connectivity index (χ0n) is 11.4. The summed E-state index contributed by atoms with van der Waals surface area (Å²) in [6, 6.07) is -1.21. The van der Waals surface area contributed by atoms with Crippen molar-refractivity contribution in [2.24, 2.45) is 5.92 Å². The minimum absolute atomic E-state index is 0.117. The number of carboxylic acids is 1. The van der Waals surface area contributed by atoms with Crippen LogP contribution in [0.4, 0.5) is 4.79 Å². The Morgan fingerprint density at radius 2 is 1.70 bits per heavy atom. The Hall–Kier alpha value is -1.34. The molecule has 2 rings (SSSR count). The zero-order chi connectivity index (χ0) is 14.5. The lowest BCUT2D eigenvalue weighted by molar-refractivity contribution is -0.142. The van der Waals surface area contributed by atoms with Crippen molar-refractivity contribution in [3.05, 3.63) is 0 Å². The summed E-state index contributed by atoms with van der Waals surface area (Å²) < 4.78 is 5.09. The Kier molecular flexibility index (Phi) is 5.19. The molecule has 4 atom stereocenters. The van der Waals surface area contributed by atoms with Gasteiger partial charge in [-0.15, -0.1) is 0 Å².